The molecule has 0 aliphatic rings. The first-order valence-corrected chi connectivity index (χ1v) is 3.87. The average molecular weight is 183 g/mol. The van der Waals surface area contributed by atoms with E-state index in [0.717, 1.165) is 18.2 Å². The Labute approximate surface area is 75.4 Å². The molecule has 1 aromatic rings. The minimum atomic E-state index is -0.702. The molecule has 0 heterocycles. The Balaban J connectivity index is 2.83. The highest BCUT2D eigenvalue weighted by Gasteiger charge is 2.02. The lowest BCUT2D eigenvalue weighted by molar-refractivity contribution is -0.114. The van der Waals surface area contributed by atoms with Crippen LogP contribution in [0.15, 0.2) is 18.2 Å². The molecule has 1 rings (SSSR count). The summed E-state index contributed by atoms with van der Waals surface area (Å²) in [6, 6.07) is 2.88. The normalized spacial score (nSPS) is 9.69. The SMILES string of the molecule is BCC(=O)Nc1cc(F)cc(F)c1. The second-order valence-corrected chi connectivity index (χ2v) is 2.56. The van der Waals surface area contributed by atoms with Crippen molar-refractivity contribution < 1.29 is 13.6 Å². The number of halogens is 2. The van der Waals surface area contributed by atoms with Gasteiger partial charge in [-0.05, 0) is 18.5 Å². The Kier molecular flexibility index (Phi) is 3.00. The van der Waals surface area contributed by atoms with E-state index in [2.05, 4.69) is 5.32 Å². The van der Waals surface area contributed by atoms with E-state index in [1.54, 1.807) is 7.85 Å². The van der Waals surface area contributed by atoms with Gasteiger partial charge in [0.25, 0.3) is 0 Å². The number of carbonyl (C=O) groups excluding carboxylic acids is 1. The average Bonchev–Trinajstić information content (AvgIpc) is 2.02. The fraction of sp³-hybridized carbons (Fsp3) is 0.125. The minimum Gasteiger partial charge on any atom is -0.327 e. The number of hydrogen-bond donors (Lipinski definition) is 1. The summed E-state index contributed by atoms with van der Waals surface area (Å²) in [6.45, 7) is 0. The van der Waals surface area contributed by atoms with Crippen molar-refractivity contribution in [3.05, 3.63) is 29.8 Å². The maximum absolute atomic E-state index is 12.6. The van der Waals surface area contributed by atoms with Crippen molar-refractivity contribution in [2.24, 2.45) is 0 Å². The summed E-state index contributed by atoms with van der Waals surface area (Å²) in [4.78, 5) is 10.8. The van der Waals surface area contributed by atoms with E-state index in [0.29, 0.717) is 0 Å². The zero-order valence-corrected chi connectivity index (χ0v) is 7.10. The van der Waals surface area contributed by atoms with Gasteiger partial charge in [0.05, 0.1) is 0 Å². The molecule has 13 heavy (non-hydrogen) atoms. The first-order valence-electron chi connectivity index (χ1n) is 3.87. The van der Waals surface area contributed by atoms with Gasteiger partial charge in [-0.3, -0.25) is 4.79 Å². The van der Waals surface area contributed by atoms with Crippen molar-refractivity contribution >= 4 is 19.4 Å². The third kappa shape index (κ3) is 2.85. The summed E-state index contributed by atoms with van der Waals surface area (Å²) >= 11 is 0. The molecule has 0 atom stereocenters. The lowest BCUT2D eigenvalue weighted by atomic mass is 10.1. The predicted octanol–water partition coefficient (Wildman–Crippen LogP) is 0.955. The standard InChI is InChI=1S/C8H8BF2NO/c9-4-8(13)12-7-2-5(10)1-6(11)3-7/h1-3H,4,9H2,(H,12,13). The first-order chi connectivity index (χ1) is 6.11. The molecular formula is C8H8BF2NO. The van der Waals surface area contributed by atoms with Gasteiger partial charge in [0, 0.05) is 11.8 Å². The van der Waals surface area contributed by atoms with Gasteiger partial charge >= 0.3 is 0 Å². The van der Waals surface area contributed by atoms with Crippen LogP contribution < -0.4 is 5.32 Å². The van der Waals surface area contributed by atoms with Crippen LogP contribution in [-0.2, 0) is 4.79 Å². The van der Waals surface area contributed by atoms with Crippen LogP contribution >= 0.6 is 0 Å². The Morgan fingerprint density at radius 2 is 1.85 bits per heavy atom. The van der Waals surface area contributed by atoms with Gasteiger partial charge in [0.2, 0.25) is 5.91 Å². The lowest BCUT2D eigenvalue weighted by Gasteiger charge is -2.03. The number of carbonyl (C=O) groups is 1. The fourth-order valence-electron chi connectivity index (χ4n) is 0.875. The Hall–Kier alpha value is -1.39. The van der Waals surface area contributed by atoms with Crippen LogP contribution in [0, 0.1) is 11.6 Å². The number of anilines is 1. The van der Waals surface area contributed by atoms with E-state index >= 15 is 0 Å². The van der Waals surface area contributed by atoms with Gasteiger partial charge in [-0.15, -0.1) is 0 Å². The number of nitrogens with one attached hydrogen (secondary N) is 1. The third-order valence-corrected chi connectivity index (χ3v) is 1.47. The summed E-state index contributed by atoms with van der Waals surface area (Å²) in [7, 11) is 1.66. The zero-order chi connectivity index (χ0) is 9.84. The molecule has 0 aliphatic heterocycles. The molecule has 0 fully saturated rings. The highest BCUT2D eigenvalue weighted by Crippen LogP contribution is 2.12. The van der Waals surface area contributed by atoms with Crippen molar-refractivity contribution in [2.45, 2.75) is 6.32 Å². The number of hydrogen-bond acceptors (Lipinski definition) is 1. The van der Waals surface area contributed by atoms with Crippen LogP contribution in [0.4, 0.5) is 14.5 Å². The van der Waals surface area contributed by atoms with Gasteiger partial charge in [-0.1, -0.05) is 0 Å². The molecule has 0 saturated heterocycles. The first kappa shape index (κ1) is 9.70. The second-order valence-electron chi connectivity index (χ2n) is 2.56. The smallest absolute Gasteiger partial charge is 0.216 e. The third-order valence-electron chi connectivity index (χ3n) is 1.47. The van der Waals surface area contributed by atoms with Crippen molar-refractivity contribution in [3.8, 4) is 0 Å². The van der Waals surface area contributed by atoms with E-state index in [4.69, 9.17) is 0 Å². The molecule has 0 aliphatic carbocycles. The molecule has 0 unspecified atom stereocenters. The molecule has 0 saturated carbocycles. The van der Waals surface area contributed by atoms with Gasteiger partial charge in [-0.25, -0.2) is 8.78 Å². The van der Waals surface area contributed by atoms with Crippen molar-refractivity contribution in [1.29, 1.82) is 0 Å². The molecule has 1 amide bonds. The maximum atomic E-state index is 12.6. The summed E-state index contributed by atoms with van der Waals surface area (Å²) in [5, 5.41) is 2.35. The fourth-order valence-corrected chi connectivity index (χ4v) is 0.875. The predicted molar refractivity (Wildman–Crippen MR) is 48.3 cm³/mol. The van der Waals surface area contributed by atoms with E-state index in [9.17, 15) is 13.6 Å². The van der Waals surface area contributed by atoms with Gasteiger partial charge < -0.3 is 5.32 Å². The molecule has 0 radical (unpaired) electrons. The molecule has 2 nitrogen and oxygen atoms in total. The van der Waals surface area contributed by atoms with E-state index in [-0.39, 0.29) is 17.9 Å². The van der Waals surface area contributed by atoms with Crippen molar-refractivity contribution in [1.82, 2.24) is 0 Å². The van der Waals surface area contributed by atoms with Crippen molar-refractivity contribution in [2.75, 3.05) is 5.32 Å². The Morgan fingerprint density at radius 1 is 1.31 bits per heavy atom. The van der Waals surface area contributed by atoms with Crippen LogP contribution in [0.5, 0.6) is 0 Å². The Bertz CT molecular complexity index is 310. The van der Waals surface area contributed by atoms with E-state index < -0.39 is 11.6 Å². The molecule has 0 bridgehead atoms. The topological polar surface area (TPSA) is 29.1 Å². The van der Waals surface area contributed by atoms with Gasteiger partial charge in [0.1, 0.15) is 19.5 Å². The van der Waals surface area contributed by atoms with Crippen LogP contribution in [0.2, 0.25) is 6.32 Å². The van der Waals surface area contributed by atoms with Crippen LogP contribution in [0.3, 0.4) is 0 Å². The highest BCUT2D eigenvalue weighted by atomic mass is 19.1. The van der Waals surface area contributed by atoms with Gasteiger partial charge in [0.15, 0.2) is 0 Å². The molecule has 0 aromatic heterocycles. The summed E-state index contributed by atoms with van der Waals surface area (Å²) in [5.74, 6) is -1.68. The highest BCUT2D eigenvalue weighted by molar-refractivity contribution is 6.22. The van der Waals surface area contributed by atoms with Crippen molar-refractivity contribution in [3.63, 3.8) is 0 Å². The molecule has 5 heteroatoms. The van der Waals surface area contributed by atoms with Gasteiger partial charge in [-0.2, -0.15) is 0 Å². The number of rotatable bonds is 2. The van der Waals surface area contributed by atoms with Crippen LogP contribution in [0.1, 0.15) is 0 Å². The van der Waals surface area contributed by atoms with E-state index in [1.165, 1.54) is 0 Å². The molecule has 1 aromatic carbocycles. The monoisotopic (exact) mass is 183 g/mol. The van der Waals surface area contributed by atoms with Crippen LogP contribution in [0.25, 0.3) is 0 Å². The summed E-state index contributed by atoms with van der Waals surface area (Å²) in [5.41, 5.74) is 0.143. The van der Waals surface area contributed by atoms with Crippen LogP contribution in [-0.4, -0.2) is 13.8 Å². The molecular weight excluding hydrogens is 175 g/mol. The molecule has 1 N–H and O–H groups in total. The number of amides is 1. The Morgan fingerprint density at radius 3 is 2.31 bits per heavy atom. The summed E-state index contributed by atoms with van der Waals surface area (Å²) < 4.78 is 25.2. The van der Waals surface area contributed by atoms with E-state index in [1.807, 2.05) is 0 Å². The quantitative estimate of drug-likeness (QED) is 0.679. The summed E-state index contributed by atoms with van der Waals surface area (Å²) in [6.07, 6.45) is 0.276. The molecule has 68 valence electrons. The maximum Gasteiger partial charge on any atom is 0.216 e. The second kappa shape index (κ2) is 4.02. The largest absolute Gasteiger partial charge is 0.327 e. The molecule has 0 spiro atoms. The number of benzene rings is 1. The minimum absolute atomic E-state index is 0.143. The lowest BCUT2D eigenvalue weighted by Crippen LogP contribution is -2.10. The zero-order valence-electron chi connectivity index (χ0n) is 7.10.